The third-order valence-corrected chi connectivity index (χ3v) is 6.01. The second-order valence-corrected chi connectivity index (χ2v) is 7.61. The summed E-state index contributed by atoms with van der Waals surface area (Å²) in [6.07, 6.45) is 5.77. The highest BCUT2D eigenvalue weighted by molar-refractivity contribution is 9.10. The number of hydrogen-bond acceptors (Lipinski definition) is 3. The van der Waals surface area contributed by atoms with Crippen LogP contribution in [-0.2, 0) is 0 Å². The van der Waals surface area contributed by atoms with Gasteiger partial charge in [-0.1, -0.05) is 30.4 Å². The largest absolute Gasteiger partial charge is 0.493 e. The maximum absolute atomic E-state index is 5.55. The van der Waals surface area contributed by atoms with Crippen LogP contribution in [0.3, 0.4) is 0 Å². The Labute approximate surface area is 157 Å². The van der Waals surface area contributed by atoms with Crippen LogP contribution in [-0.4, -0.2) is 14.2 Å². The van der Waals surface area contributed by atoms with Gasteiger partial charge in [-0.15, -0.1) is 0 Å². The van der Waals surface area contributed by atoms with Crippen molar-refractivity contribution in [3.8, 4) is 11.5 Å². The highest BCUT2D eigenvalue weighted by Crippen LogP contribution is 2.51. The molecule has 0 aromatic heterocycles. The maximum atomic E-state index is 5.55. The van der Waals surface area contributed by atoms with Crippen LogP contribution in [0, 0.1) is 12.8 Å². The van der Waals surface area contributed by atoms with Gasteiger partial charge >= 0.3 is 0 Å². The first-order valence-corrected chi connectivity index (χ1v) is 9.37. The second-order valence-electron chi connectivity index (χ2n) is 6.75. The highest BCUT2D eigenvalue weighted by Gasteiger charge is 2.38. The molecule has 2 aromatic carbocycles. The summed E-state index contributed by atoms with van der Waals surface area (Å²) in [4.78, 5) is 0. The summed E-state index contributed by atoms with van der Waals surface area (Å²) >= 11 is 3.64. The number of aryl methyl sites for hydroxylation is 1. The molecule has 4 heteroatoms. The minimum absolute atomic E-state index is 0.240. The van der Waals surface area contributed by atoms with E-state index in [0.717, 1.165) is 22.4 Å². The molecule has 4 rings (SSSR count). The number of para-hydroxylation sites is 1. The van der Waals surface area contributed by atoms with E-state index in [1.165, 1.54) is 22.4 Å². The predicted octanol–water partition coefficient (Wildman–Crippen LogP) is 5.60. The third kappa shape index (κ3) is 2.63. The number of fused-ring (bicyclic) bond motifs is 3. The predicted molar refractivity (Wildman–Crippen MR) is 105 cm³/mol. The minimum atomic E-state index is 0.240. The molecular formula is C21H22BrNO2. The first-order valence-electron chi connectivity index (χ1n) is 8.58. The molecule has 130 valence electrons. The summed E-state index contributed by atoms with van der Waals surface area (Å²) in [6.45, 7) is 2.17. The Morgan fingerprint density at radius 3 is 2.76 bits per heavy atom. The fourth-order valence-corrected chi connectivity index (χ4v) is 4.85. The van der Waals surface area contributed by atoms with Gasteiger partial charge in [0.2, 0.25) is 0 Å². The van der Waals surface area contributed by atoms with E-state index in [9.17, 15) is 0 Å². The van der Waals surface area contributed by atoms with E-state index in [2.05, 4.69) is 70.7 Å². The molecular weight excluding hydrogens is 378 g/mol. The van der Waals surface area contributed by atoms with Gasteiger partial charge in [0.25, 0.3) is 0 Å². The van der Waals surface area contributed by atoms with Crippen LogP contribution < -0.4 is 14.8 Å². The number of anilines is 1. The zero-order chi connectivity index (χ0) is 17.6. The van der Waals surface area contributed by atoms with Gasteiger partial charge in [-0.25, -0.2) is 0 Å². The standard InChI is InChI=1S/C21H22BrNO2/c1-12-6-4-8-15-14-7-5-9-16(14)20(23-19(12)15)13-10-17(22)21(25-3)18(11-13)24-2/h4-8,10-11,14,16,20,23H,9H2,1-3H3/t14-,16+,20-/m0/s1. The van der Waals surface area contributed by atoms with E-state index >= 15 is 0 Å². The summed E-state index contributed by atoms with van der Waals surface area (Å²) in [5.74, 6) is 2.47. The van der Waals surface area contributed by atoms with Crippen molar-refractivity contribution < 1.29 is 9.47 Å². The number of hydrogen-bond donors (Lipinski definition) is 1. The molecule has 0 spiro atoms. The average Bonchev–Trinajstić information content (AvgIpc) is 3.10. The second kappa shape index (κ2) is 6.41. The summed E-state index contributed by atoms with van der Waals surface area (Å²) in [5.41, 5.74) is 5.19. The highest BCUT2D eigenvalue weighted by atomic mass is 79.9. The molecule has 0 saturated heterocycles. The van der Waals surface area contributed by atoms with Gasteiger partial charge in [-0.2, -0.15) is 0 Å². The fraction of sp³-hybridized carbons (Fsp3) is 0.333. The van der Waals surface area contributed by atoms with Crippen molar-refractivity contribution in [1.82, 2.24) is 0 Å². The smallest absolute Gasteiger partial charge is 0.174 e. The van der Waals surface area contributed by atoms with Gasteiger partial charge in [0.1, 0.15) is 0 Å². The molecule has 1 aliphatic carbocycles. The summed E-state index contributed by atoms with van der Waals surface area (Å²) in [6, 6.07) is 11.1. The summed E-state index contributed by atoms with van der Waals surface area (Å²) in [5, 5.41) is 3.81. The number of benzene rings is 2. The number of nitrogens with one attached hydrogen (secondary N) is 1. The Morgan fingerprint density at radius 2 is 2.00 bits per heavy atom. The molecule has 2 aliphatic rings. The molecule has 1 N–H and O–H groups in total. The molecule has 25 heavy (non-hydrogen) atoms. The van der Waals surface area contributed by atoms with Gasteiger partial charge in [-0.05, 0) is 64.0 Å². The molecule has 2 aromatic rings. The molecule has 0 bridgehead atoms. The van der Waals surface area contributed by atoms with E-state index in [1.807, 2.05) is 0 Å². The monoisotopic (exact) mass is 399 g/mol. The van der Waals surface area contributed by atoms with Crippen LogP contribution in [0.2, 0.25) is 0 Å². The molecule has 0 saturated carbocycles. The number of rotatable bonds is 3. The Balaban J connectivity index is 1.82. The van der Waals surface area contributed by atoms with Gasteiger partial charge in [-0.3, -0.25) is 0 Å². The van der Waals surface area contributed by atoms with Crippen molar-refractivity contribution >= 4 is 21.6 Å². The van der Waals surface area contributed by atoms with Gasteiger partial charge in [0.05, 0.1) is 24.7 Å². The molecule has 0 fully saturated rings. The van der Waals surface area contributed by atoms with E-state index in [1.54, 1.807) is 14.2 Å². The molecule has 0 radical (unpaired) electrons. The van der Waals surface area contributed by atoms with E-state index in [-0.39, 0.29) is 6.04 Å². The maximum Gasteiger partial charge on any atom is 0.174 e. The zero-order valence-electron chi connectivity index (χ0n) is 14.7. The number of methoxy groups -OCH3 is 2. The SMILES string of the molecule is COc1cc([C@@H]2Nc3c(C)cccc3[C@@H]3C=CC[C@H]32)cc(Br)c1OC. The minimum Gasteiger partial charge on any atom is -0.493 e. The lowest BCUT2D eigenvalue weighted by atomic mass is 9.76. The van der Waals surface area contributed by atoms with Crippen LogP contribution in [0.5, 0.6) is 11.5 Å². The topological polar surface area (TPSA) is 30.5 Å². The first kappa shape index (κ1) is 16.5. The Hall–Kier alpha value is -1.94. The van der Waals surface area contributed by atoms with Crippen molar-refractivity contribution in [2.45, 2.75) is 25.3 Å². The lowest BCUT2D eigenvalue weighted by molar-refractivity contribution is 0.351. The Kier molecular flexibility index (Phi) is 4.24. The molecule has 3 nitrogen and oxygen atoms in total. The van der Waals surface area contributed by atoms with Crippen molar-refractivity contribution in [2.75, 3.05) is 19.5 Å². The molecule has 1 heterocycles. The van der Waals surface area contributed by atoms with Crippen molar-refractivity contribution in [3.63, 3.8) is 0 Å². The van der Waals surface area contributed by atoms with Gasteiger partial charge in [0, 0.05) is 11.6 Å². The van der Waals surface area contributed by atoms with E-state index < -0.39 is 0 Å². The Morgan fingerprint density at radius 1 is 1.16 bits per heavy atom. The summed E-state index contributed by atoms with van der Waals surface area (Å²) < 4.78 is 11.9. The molecule has 1 aliphatic heterocycles. The lowest BCUT2D eigenvalue weighted by Crippen LogP contribution is -2.29. The number of halogens is 1. The Bertz CT molecular complexity index is 846. The molecule has 0 unspecified atom stereocenters. The van der Waals surface area contributed by atoms with Crippen molar-refractivity contribution in [1.29, 1.82) is 0 Å². The van der Waals surface area contributed by atoms with Crippen molar-refractivity contribution in [2.24, 2.45) is 5.92 Å². The van der Waals surface area contributed by atoms with Crippen molar-refractivity contribution in [3.05, 3.63) is 63.6 Å². The molecule has 0 amide bonds. The van der Waals surface area contributed by atoms with Crippen LogP contribution >= 0.6 is 15.9 Å². The zero-order valence-corrected chi connectivity index (χ0v) is 16.3. The van der Waals surface area contributed by atoms with Gasteiger partial charge < -0.3 is 14.8 Å². The number of ether oxygens (including phenoxy) is 2. The van der Waals surface area contributed by atoms with Crippen LogP contribution in [0.1, 0.15) is 35.1 Å². The molecule has 3 atom stereocenters. The van der Waals surface area contributed by atoms with Crippen LogP contribution in [0.15, 0.2) is 47.0 Å². The van der Waals surface area contributed by atoms with Crippen LogP contribution in [0.25, 0.3) is 0 Å². The average molecular weight is 400 g/mol. The van der Waals surface area contributed by atoms with Gasteiger partial charge in [0.15, 0.2) is 11.5 Å². The lowest BCUT2D eigenvalue weighted by Gasteiger charge is -2.38. The number of allylic oxidation sites excluding steroid dienone is 2. The first-order chi connectivity index (χ1) is 12.1. The summed E-state index contributed by atoms with van der Waals surface area (Å²) in [7, 11) is 3.35. The quantitative estimate of drug-likeness (QED) is 0.681. The third-order valence-electron chi connectivity index (χ3n) is 5.42. The van der Waals surface area contributed by atoms with E-state index in [0.29, 0.717) is 11.8 Å². The fourth-order valence-electron chi connectivity index (χ4n) is 4.23. The normalized spacial score (nSPS) is 23.6. The van der Waals surface area contributed by atoms with Crippen LogP contribution in [0.4, 0.5) is 5.69 Å². The van der Waals surface area contributed by atoms with E-state index in [4.69, 9.17) is 9.47 Å².